The van der Waals surface area contributed by atoms with Crippen LogP contribution in [0.15, 0.2) is 35.0 Å². The van der Waals surface area contributed by atoms with Crippen LogP contribution in [0.25, 0.3) is 11.0 Å². The molecule has 0 saturated heterocycles. The number of hydrogen-bond acceptors (Lipinski definition) is 5. The number of rotatable bonds is 4. The third-order valence-electron chi connectivity index (χ3n) is 2.53. The molecule has 2 rings (SSSR count). The van der Waals surface area contributed by atoms with Gasteiger partial charge in [-0.05, 0) is 6.26 Å². The van der Waals surface area contributed by atoms with Gasteiger partial charge >= 0.3 is 5.97 Å². The van der Waals surface area contributed by atoms with Crippen LogP contribution >= 0.6 is 11.8 Å². The van der Waals surface area contributed by atoms with Gasteiger partial charge in [0.15, 0.2) is 5.16 Å². The van der Waals surface area contributed by atoms with E-state index in [1.807, 2.05) is 6.26 Å². The second kappa shape index (κ2) is 5.23. The van der Waals surface area contributed by atoms with Gasteiger partial charge in [-0.25, -0.2) is 14.8 Å². The van der Waals surface area contributed by atoms with Crippen LogP contribution in [0.2, 0.25) is 0 Å². The number of nitrogens with zero attached hydrogens (tertiary/aromatic N) is 3. The van der Waals surface area contributed by atoms with E-state index in [9.17, 15) is 9.59 Å². The Morgan fingerprint density at radius 2 is 2.37 bits per heavy atom. The molecule has 1 N–H and O–H groups in total. The summed E-state index contributed by atoms with van der Waals surface area (Å²) in [5, 5.41) is 9.75. The smallest absolute Gasteiger partial charge is 0.341 e. The van der Waals surface area contributed by atoms with E-state index in [0.29, 0.717) is 17.3 Å². The molecule has 0 bridgehead atoms. The lowest BCUT2D eigenvalue weighted by molar-refractivity contribution is 0.0695. The Hall–Kier alpha value is -2.15. The van der Waals surface area contributed by atoms with Crippen molar-refractivity contribution in [3.63, 3.8) is 0 Å². The number of carboxylic acid groups (broad SMARTS) is 1. The lowest BCUT2D eigenvalue weighted by Crippen LogP contribution is -2.19. The molecule has 2 aromatic heterocycles. The minimum atomic E-state index is -1.27. The first kappa shape index (κ1) is 13.3. The average molecular weight is 277 g/mol. The fraction of sp³-hybridized carbons (Fsp3) is 0.167. The molecule has 0 radical (unpaired) electrons. The van der Waals surface area contributed by atoms with Crippen LogP contribution in [0.1, 0.15) is 10.4 Å². The monoisotopic (exact) mass is 277 g/mol. The van der Waals surface area contributed by atoms with Crippen molar-refractivity contribution in [1.82, 2.24) is 14.5 Å². The summed E-state index contributed by atoms with van der Waals surface area (Å²) in [6, 6.07) is 0. The minimum Gasteiger partial charge on any atom is -0.477 e. The Labute approximate surface area is 112 Å². The van der Waals surface area contributed by atoms with Crippen molar-refractivity contribution in [3.05, 3.63) is 40.8 Å². The first-order chi connectivity index (χ1) is 9.08. The summed E-state index contributed by atoms with van der Waals surface area (Å²) in [7, 11) is 0. The Morgan fingerprint density at radius 1 is 1.63 bits per heavy atom. The molecule has 0 spiro atoms. The van der Waals surface area contributed by atoms with Crippen molar-refractivity contribution < 1.29 is 9.90 Å². The molecule has 0 atom stereocenters. The number of carbonyl (C=O) groups is 1. The van der Waals surface area contributed by atoms with Crippen molar-refractivity contribution >= 4 is 28.8 Å². The fourth-order valence-corrected chi connectivity index (χ4v) is 2.02. The van der Waals surface area contributed by atoms with Crippen LogP contribution in [0.4, 0.5) is 0 Å². The molecule has 6 nitrogen and oxygen atoms in total. The summed E-state index contributed by atoms with van der Waals surface area (Å²) < 4.78 is 1.58. The van der Waals surface area contributed by atoms with Crippen molar-refractivity contribution in [2.45, 2.75) is 11.7 Å². The largest absolute Gasteiger partial charge is 0.477 e. The lowest BCUT2D eigenvalue weighted by Gasteiger charge is -2.09. The summed E-state index contributed by atoms with van der Waals surface area (Å²) in [5.41, 5.74) is -0.459. The predicted octanol–water partition coefficient (Wildman–Crippen LogP) is 1.40. The van der Waals surface area contributed by atoms with Gasteiger partial charge in [-0.15, -0.1) is 6.58 Å². The maximum Gasteiger partial charge on any atom is 0.341 e. The number of thioether (sulfide) groups is 1. The maximum atomic E-state index is 12.0. The van der Waals surface area contributed by atoms with Crippen LogP contribution in [0.5, 0.6) is 0 Å². The van der Waals surface area contributed by atoms with Crippen molar-refractivity contribution in [2.75, 3.05) is 6.26 Å². The summed E-state index contributed by atoms with van der Waals surface area (Å²) in [4.78, 5) is 31.3. The van der Waals surface area contributed by atoms with E-state index in [1.54, 1.807) is 10.6 Å². The highest BCUT2D eigenvalue weighted by atomic mass is 32.2. The average Bonchev–Trinajstić information content (AvgIpc) is 2.41. The lowest BCUT2D eigenvalue weighted by atomic mass is 10.2. The number of pyridine rings is 1. The molecule has 0 aliphatic rings. The molecule has 0 unspecified atom stereocenters. The SMILES string of the molecule is C=CCn1cc(C(=O)O)c(=O)c2cnc(SC)nc21. The highest BCUT2D eigenvalue weighted by Gasteiger charge is 2.15. The van der Waals surface area contributed by atoms with Crippen LogP contribution < -0.4 is 5.43 Å². The molecular weight excluding hydrogens is 266 g/mol. The number of hydrogen-bond donors (Lipinski definition) is 1. The molecule has 0 aliphatic heterocycles. The zero-order chi connectivity index (χ0) is 14.0. The van der Waals surface area contributed by atoms with Crippen molar-refractivity contribution in [2.24, 2.45) is 0 Å². The van der Waals surface area contributed by atoms with Crippen molar-refractivity contribution in [3.8, 4) is 0 Å². The first-order valence-corrected chi connectivity index (χ1v) is 6.59. The fourth-order valence-electron chi connectivity index (χ4n) is 1.69. The number of carboxylic acids is 1. The van der Waals surface area contributed by atoms with Crippen LogP contribution in [0, 0.1) is 0 Å². The zero-order valence-corrected chi connectivity index (χ0v) is 11.0. The van der Waals surface area contributed by atoms with Gasteiger partial charge in [-0.3, -0.25) is 4.79 Å². The summed E-state index contributed by atoms with van der Waals surface area (Å²) in [5.74, 6) is -1.27. The molecule has 0 amide bonds. The van der Waals surface area contributed by atoms with E-state index in [1.165, 1.54) is 24.2 Å². The number of allylic oxidation sites excluding steroid dienone is 1. The third-order valence-corrected chi connectivity index (χ3v) is 3.09. The number of aromatic carboxylic acids is 1. The Kier molecular flexibility index (Phi) is 3.66. The summed E-state index contributed by atoms with van der Waals surface area (Å²) in [6.07, 6.45) is 6.08. The van der Waals surface area contributed by atoms with Gasteiger partial charge in [0, 0.05) is 18.9 Å². The molecule has 19 heavy (non-hydrogen) atoms. The second-order valence-electron chi connectivity index (χ2n) is 3.71. The molecule has 98 valence electrons. The standard InChI is InChI=1S/C12H11N3O3S/c1-3-4-15-6-8(11(17)18)9(16)7-5-13-12(19-2)14-10(7)15/h3,5-6H,1,4H2,2H3,(H,17,18). The molecule has 2 aromatic rings. The van der Waals surface area contributed by atoms with Crippen LogP contribution in [-0.4, -0.2) is 31.9 Å². The molecule has 7 heteroatoms. The van der Waals surface area contributed by atoms with Crippen LogP contribution in [0.3, 0.4) is 0 Å². The highest BCUT2D eigenvalue weighted by molar-refractivity contribution is 7.98. The van der Waals surface area contributed by atoms with Gasteiger partial charge in [0.1, 0.15) is 11.2 Å². The van der Waals surface area contributed by atoms with E-state index < -0.39 is 11.4 Å². The second-order valence-corrected chi connectivity index (χ2v) is 4.49. The van der Waals surface area contributed by atoms with E-state index in [4.69, 9.17) is 5.11 Å². The quantitative estimate of drug-likeness (QED) is 0.516. The summed E-state index contributed by atoms with van der Waals surface area (Å²) in [6.45, 7) is 3.97. The van der Waals surface area contributed by atoms with Crippen molar-refractivity contribution in [1.29, 1.82) is 0 Å². The predicted molar refractivity (Wildman–Crippen MR) is 72.7 cm³/mol. The molecule has 0 aliphatic carbocycles. The van der Waals surface area contributed by atoms with Gasteiger partial charge in [-0.1, -0.05) is 17.8 Å². The van der Waals surface area contributed by atoms with Gasteiger partial charge in [0.25, 0.3) is 0 Å². The Morgan fingerprint density at radius 3 is 2.95 bits per heavy atom. The topological polar surface area (TPSA) is 85.1 Å². The number of aromatic nitrogens is 3. The van der Waals surface area contributed by atoms with E-state index in [-0.39, 0.29) is 10.9 Å². The Balaban J connectivity index is 2.87. The number of fused-ring (bicyclic) bond motifs is 1. The zero-order valence-electron chi connectivity index (χ0n) is 10.2. The van der Waals surface area contributed by atoms with E-state index in [0.717, 1.165) is 0 Å². The molecule has 0 fully saturated rings. The molecule has 0 aromatic carbocycles. The molecule has 2 heterocycles. The molecule has 0 saturated carbocycles. The van der Waals surface area contributed by atoms with Gasteiger partial charge in [0.2, 0.25) is 5.43 Å². The van der Waals surface area contributed by atoms with Gasteiger partial charge in [-0.2, -0.15) is 0 Å². The third kappa shape index (κ3) is 2.37. The summed E-state index contributed by atoms with van der Waals surface area (Å²) >= 11 is 1.35. The Bertz CT molecular complexity index is 724. The van der Waals surface area contributed by atoms with Gasteiger partial charge in [0.05, 0.1) is 5.39 Å². The van der Waals surface area contributed by atoms with Gasteiger partial charge < -0.3 is 9.67 Å². The first-order valence-electron chi connectivity index (χ1n) is 5.37. The highest BCUT2D eigenvalue weighted by Crippen LogP contribution is 2.14. The van der Waals surface area contributed by atoms with E-state index in [2.05, 4.69) is 16.5 Å². The van der Waals surface area contributed by atoms with E-state index >= 15 is 0 Å². The van der Waals surface area contributed by atoms with Crippen LogP contribution in [-0.2, 0) is 6.54 Å². The maximum absolute atomic E-state index is 12.0. The molecular formula is C12H11N3O3S. The normalized spacial score (nSPS) is 10.6. The minimum absolute atomic E-state index is 0.194.